The third-order valence-corrected chi connectivity index (χ3v) is 5.00. The van der Waals surface area contributed by atoms with E-state index in [1.165, 1.54) is 9.13 Å². The van der Waals surface area contributed by atoms with Crippen LogP contribution in [-0.2, 0) is 22.6 Å². The van der Waals surface area contributed by atoms with Gasteiger partial charge in [0.05, 0.1) is 13.2 Å². The van der Waals surface area contributed by atoms with Gasteiger partial charge in [0, 0.05) is 27.3 Å². The van der Waals surface area contributed by atoms with Crippen molar-refractivity contribution in [3.63, 3.8) is 0 Å². The molecule has 0 bridgehead atoms. The van der Waals surface area contributed by atoms with Crippen LogP contribution in [0, 0.1) is 0 Å². The van der Waals surface area contributed by atoms with Crippen LogP contribution in [0.3, 0.4) is 0 Å². The molecule has 0 amide bonds. The fourth-order valence-electron chi connectivity index (χ4n) is 3.33. The number of aromatic amines is 1. The van der Waals surface area contributed by atoms with E-state index in [2.05, 4.69) is 9.97 Å². The minimum absolute atomic E-state index is 0.294. The van der Waals surface area contributed by atoms with Gasteiger partial charge in [-0.2, -0.15) is 0 Å². The molecule has 10 heteroatoms. The summed E-state index contributed by atoms with van der Waals surface area (Å²) in [6.45, 7) is 6.01. The zero-order valence-electron chi connectivity index (χ0n) is 19.4. The summed E-state index contributed by atoms with van der Waals surface area (Å²) in [6, 6.07) is 5.56. The predicted molar refractivity (Wildman–Crippen MR) is 126 cm³/mol. The Balaban J connectivity index is 1.92. The molecule has 0 aliphatic heterocycles. The molecule has 3 aromatic rings. The number of ether oxygens (including phenoxy) is 4. The Morgan fingerprint density at radius 1 is 0.909 bits per heavy atom. The number of aryl methyl sites for hydroxylation is 1. The number of rotatable bonds is 12. The van der Waals surface area contributed by atoms with Gasteiger partial charge < -0.3 is 23.9 Å². The zero-order valence-corrected chi connectivity index (χ0v) is 19.4. The van der Waals surface area contributed by atoms with E-state index in [9.17, 15) is 9.59 Å². The molecule has 0 radical (unpaired) electrons. The first-order valence-electron chi connectivity index (χ1n) is 10.8. The Bertz CT molecular complexity index is 1220. The Morgan fingerprint density at radius 2 is 1.58 bits per heavy atom. The Kier molecular flexibility index (Phi) is 8.45. The average molecular weight is 459 g/mol. The number of aromatic nitrogens is 4. The van der Waals surface area contributed by atoms with Crippen LogP contribution in [0.1, 0.15) is 25.2 Å². The van der Waals surface area contributed by atoms with Crippen molar-refractivity contribution < 1.29 is 18.9 Å². The second-order valence-corrected chi connectivity index (χ2v) is 7.12. The van der Waals surface area contributed by atoms with Crippen molar-refractivity contribution in [3.05, 3.63) is 50.4 Å². The zero-order chi connectivity index (χ0) is 23.8. The lowest BCUT2D eigenvalue weighted by atomic mass is 10.2. The third-order valence-electron chi connectivity index (χ3n) is 5.00. The summed E-state index contributed by atoms with van der Waals surface area (Å²) in [4.78, 5) is 32.7. The first kappa shape index (κ1) is 24.3. The number of hydrogen-bond donors (Lipinski definition) is 1. The summed E-state index contributed by atoms with van der Waals surface area (Å²) >= 11 is 0. The van der Waals surface area contributed by atoms with Crippen LogP contribution in [0.4, 0.5) is 0 Å². The lowest BCUT2D eigenvalue weighted by Crippen LogP contribution is -2.39. The minimum atomic E-state index is -0.374. The highest BCUT2D eigenvalue weighted by Gasteiger charge is 2.15. The molecule has 3 rings (SSSR count). The largest absolute Gasteiger partial charge is 0.487 e. The van der Waals surface area contributed by atoms with E-state index in [-0.39, 0.29) is 11.2 Å². The van der Waals surface area contributed by atoms with E-state index >= 15 is 0 Å². The maximum Gasteiger partial charge on any atom is 0.332 e. The lowest BCUT2D eigenvalue weighted by Gasteiger charge is -2.13. The maximum absolute atomic E-state index is 12.7. The molecule has 2 heterocycles. The molecule has 0 saturated heterocycles. The lowest BCUT2D eigenvalue weighted by molar-refractivity contribution is 0.132. The van der Waals surface area contributed by atoms with Crippen molar-refractivity contribution >= 4 is 23.3 Å². The Morgan fingerprint density at radius 3 is 2.21 bits per heavy atom. The minimum Gasteiger partial charge on any atom is -0.487 e. The summed E-state index contributed by atoms with van der Waals surface area (Å²) in [6.07, 6.45) is 3.59. The van der Waals surface area contributed by atoms with Gasteiger partial charge in [-0.25, -0.2) is 9.78 Å². The Labute approximate surface area is 191 Å². The van der Waals surface area contributed by atoms with Gasteiger partial charge in [0.2, 0.25) is 0 Å². The highest BCUT2D eigenvalue weighted by Crippen LogP contribution is 2.29. The van der Waals surface area contributed by atoms with Crippen LogP contribution < -0.4 is 20.7 Å². The smallest absolute Gasteiger partial charge is 0.332 e. The van der Waals surface area contributed by atoms with Crippen molar-refractivity contribution in [2.75, 3.05) is 40.6 Å². The highest BCUT2D eigenvalue weighted by molar-refractivity contribution is 5.76. The van der Waals surface area contributed by atoms with Crippen LogP contribution >= 0.6 is 0 Å². The fraction of sp³-hybridized carbons (Fsp3) is 0.435. The maximum atomic E-state index is 12.7. The van der Waals surface area contributed by atoms with Gasteiger partial charge >= 0.3 is 5.69 Å². The molecular weight excluding hydrogens is 428 g/mol. The number of imidazole rings is 1. The Hall–Kier alpha value is -3.37. The molecule has 33 heavy (non-hydrogen) atoms. The van der Waals surface area contributed by atoms with E-state index < -0.39 is 0 Å². The van der Waals surface area contributed by atoms with Gasteiger partial charge in [0.1, 0.15) is 24.6 Å². The molecule has 0 spiro atoms. The highest BCUT2D eigenvalue weighted by atomic mass is 16.5. The van der Waals surface area contributed by atoms with Gasteiger partial charge in [0.15, 0.2) is 17.1 Å². The number of methoxy groups -OCH3 is 2. The van der Waals surface area contributed by atoms with Gasteiger partial charge in [-0.3, -0.25) is 13.9 Å². The van der Waals surface area contributed by atoms with Crippen molar-refractivity contribution in [3.8, 4) is 11.5 Å². The van der Waals surface area contributed by atoms with Crippen LogP contribution in [0.15, 0.2) is 27.8 Å². The number of nitrogens with one attached hydrogen (secondary N) is 1. The molecule has 1 aromatic carbocycles. The average Bonchev–Trinajstić information content (AvgIpc) is 3.24. The molecule has 2 aromatic heterocycles. The number of nitrogens with zero attached hydrogens (tertiary/aromatic N) is 3. The van der Waals surface area contributed by atoms with Crippen molar-refractivity contribution in [1.82, 2.24) is 19.1 Å². The van der Waals surface area contributed by atoms with Gasteiger partial charge in [0.25, 0.3) is 5.56 Å². The summed E-state index contributed by atoms with van der Waals surface area (Å²) in [7, 11) is 3.22. The van der Waals surface area contributed by atoms with Crippen molar-refractivity contribution in [2.45, 2.75) is 26.9 Å². The van der Waals surface area contributed by atoms with E-state index in [1.54, 1.807) is 27.2 Å². The first-order valence-corrected chi connectivity index (χ1v) is 10.8. The molecule has 0 fully saturated rings. The van der Waals surface area contributed by atoms with Crippen LogP contribution in [0.2, 0.25) is 0 Å². The number of benzene rings is 1. The second kappa shape index (κ2) is 11.5. The van der Waals surface area contributed by atoms with Gasteiger partial charge in [-0.05, 0) is 37.6 Å². The molecule has 10 nitrogen and oxygen atoms in total. The van der Waals surface area contributed by atoms with Crippen molar-refractivity contribution in [2.24, 2.45) is 0 Å². The number of hydrogen-bond acceptors (Lipinski definition) is 7. The van der Waals surface area contributed by atoms with E-state index in [0.29, 0.717) is 68.0 Å². The summed E-state index contributed by atoms with van der Waals surface area (Å²) < 4.78 is 24.3. The molecule has 0 saturated carbocycles. The van der Waals surface area contributed by atoms with Crippen LogP contribution in [0.25, 0.3) is 23.3 Å². The SMILES string of the molecule is CCn1c(=O)c2[nH]c(/C=C/c3ccc(OCCOC)c(OCCOC)c3)nc2n(CC)c1=O. The van der Waals surface area contributed by atoms with E-state index in [0.717, 1.165) is 5.56 Å². The molecular formula is C23H30N4O6. The molecule has 0 aliphatic carbocycles. The number of fused-ring (bicyclic) bond motifs is 1. The summed E-state index contributed by atoms with van der Waals surface area (Å²) in [5.74, 6) is 1.66. The topological polar surface area (TPSA) is 110 Å². The van der Waals surface area contributed by atoms with Crippen LogP contribution in [-0.4, -0.2) is 59.7 Å². The molecule has 0 atom stereocenters. The summed E-state index contributed by atoms with van der Waals surface area (Å²) in [5, 5.41) is 0. The van der Waals surface area contributed by atoms with Gasteiger partial charge in [-0.1, -0.05) is 12.1 Å². The standard InChI is InChI=1S/C23H30N4O6/c1-5-26-21-20(22(28)27(6-2)23(26)29)24-19(25-21)10-8-16-7-9-17(32-13-11-30-3)18(15-16)33-14-12-31-4/h7-10,15H,5-6,11-14H2,1-4H3,(H,24,25)/b10-8+. The quantitative estimate of drug-likeness (QED) is 0.414. The second-order valence-electron chi connectivity index (χ2n) is 7.12. The molecule has 178 valence electrons. The molecule has 0 aliphatic rings. The summed E-state index contributed by atoms with van der Waals surface area (Å²) in [5.41, 5.74) is 0.772. The van der Waals surface area contributed by atoms with Gasteiger partial charge in [-0.15, -0.1) is 0 Å². The van der Waals surface area contributed by atoms with E-state index in [1.807, 2.05) is 31.2 Å². The van der Waals surface area contributed by atoms with E-state index in [4.69, 9.17) is 18.9 Å². The van der Waals surface area contributed by atoms with Crippen molar-refractivity contribution in [1.29, 1.82) is 0 Å². The normalized spacial score (nSPS) is 11.5. The first-order chi connectivity index (χ1) is 16.0. The fourth-order valence-corrected chi connectivity index (χ4v) is 3.33. The molecule has 1 N–H and O–H groups in total. The number of H-pyrrole nitrogens is 1. The predicted octanol–water partition coefficient (Wildman–Crippen LogP) is 2.15. The third kappa shape index (κ3) is 5.52. The monoisotopic (exact) mass is 458 g/mol. The van der Waals surface area contributed by atoms with Crippen LogP contribution in [0.5, 0.6) is 11.5 Å². The molecule has 0 unspecified atom stereocenters.